The number of nitrogens with zero attached hydrogens (tertiary/aromatic N) is 1. The molecule has 10 heavy (non-hydrogen) atoms. The van der Waals surface area contributed by atoms with Crippen LogP contribution >= 0.6 is 24.8 Å². The van der Waals surface area contributed by atoms with Crippen LogP contribution in [0.3, 0.4) is 0 Å². The third-order valence-corrected chi connectivity index (χ3v) is 0.951. The number of rotatable bonds is 1. The van der Waals surface area contributed by atoms with Crippen molar-refractivity contribution in [1.29, 1.82) is 0 Å². The number of imidazole rings is 1. The first-order valence-electron chi connectivity index (χ1n) is 2.55. The van der Waals surface area contributed by atoms with Gasteiger partial charge in [0.05, 0.1) is 6.04 Å². The highest BCUT2D eigenvalue weighted by atomic mass is 35.5. The van der Waals surface area contributed by atoms with Gasteiger partial charge in [-0.1, -0.05) is 0 Å². The molecule has 3 nitrogen and oxygen atoms in total. The molecule has 5 heteroatoms. The number of aromatic amines is 1. The third kappa shape index (κ3) is 3.06. The molecular weight excluding hydrogens is 173 g/mol. The second kappa shape index (κ2) is 5.53. The second-order valence-electron chi connectivity index (χ2n) is 1.76. The number of hydrogen-bond acceptors (Lipinski definition) is 2. The Bertz CT molecular complexity index is 150. The minimum Gasteiger partial charge on any atom is -0.347 e. The lowest BCUT2D eigenvalue weighted by Gasteiger charge is -1.95. The van der Waals surface area contributed by atoms with Crippen LogP contribution in [0.2, 0.25) is 0 Å². The van der Waals surface area contributed by atoms with Gasteiger partial charge in [-0.25, -0.2) is 4.98 Å². The summed E-state index contributed by atoms with van der Waals surface area (Å²) in [6, 6.07) is 0.0185. The molecule has 0 saturated carbocycles. The molecular formula is C5H11Cl2N3. The lowest BCUT2D eigenvalue weighted by Crippen LogP contribution is -2.06. The maximum Gasteiger partial charge on any atom is 0.122 e. The molecule has 1 rings (SSSR count). The molecule has 1 unspecified atom stereocenters. The van der Waals surface area contributed by atoms with E-state index in [1.165, 1.54) is 0 Å². The Morgan fingerprint density at radius 3 is 2.40 bits per heavy atom. The van der Waals surface area contributed by atoms with Crippen LogP contribution in [0.25, 0.3) is 0 Å². The Balaban J connectivity index is 0. The molecule has 1 aromatic rings. The molecule has 0 bridgehead atoms. The lowest BCUT2D eigenvalue weighted by molar-refractivity contribution is 0.756. The Kier molecular flexibility index (Phi) is 6.87. The summed E-state index contributed by atoms with van der Waals surface area (Å²) in [5, 5.41) is 0. The molecule has 1 atom stereocenters. The first kappa shape index (κ1) is 12.4. The van der Waals surface area contributed by atoms with Crippen molar-refractivity contribution < 1.29 is 0 Å². The molecule has 0 saturated heterocycles. The van der Waals surface area contributed by atoms with Crippen LogP contribution < -0.4 is 5.73 Å². The average Bonchev–Trinajstić information content (AvgIpc) is 2.12. The number of nitrogens with one attached hydrogen (secondary N) is 1. The molecule has 1 heterocycles. The van der Waals surface area contributed by atoms with Gasteiger partial charge >= 0.3 is 0 Å². The normalized spacial score (nSPS) is 11.0. The molecule has 0 aliphatic rings. The van der Waals surface area contributed by atoms with E-state index in [-0.39, 0.29) is 30.9 Å². The average molecular weight is 184 g/mol. The molecule has 0 spiro atoms. The summed E-state index contributed by atoms with van der Waals surface area (Å²) < 4.78 is 0. The van der Waals surface area contributed by atoms with Crippen LogP contribution in [0, 0.1) is 0 Å². The number of hydrogen-bond donors (Lipinski definition) is 2. The van der Waals surface area contributed by atoms with Crippen molar-refractivity contribution in [3.05, 3.63) is 18.2 Å². The molecule has 0 radical (unpaired) electrons. The Morgan fingerprint density at radius 2 is 2.20 bits per heavy atom. The highest BCUT2D eigenvalue weighted by Crippen LogP contribution is 1.98. The zero-order valence-corrected chi connectivity index (χ0v) is 7.21. The molecule has 0 aliphatic heterocycles. The van der Waals surface area contributed by atoms with Gasteiger partial charge in [0, 0.05) is 12.4 Å². The van der Waals surface area contributed by atoms with Crippen molar-refractivity contribution in [3.8, 4) is 0 Å². The Labute approximate surface area is 72.2 Å². The minimum absolute atomic E-state index is 0. The van der Waals surface area contributed by atoms with E-state index in [2.05, 4.69) is 9.97 Å². The summed E-state index contributed by atoms with van der Waals surface area (Å²) in [4.78, 5) is 6.84. The molecule has 0 fully saturated rings. The standard InChI is InChI=1S/C5H9N3.2ClH/c1-4(6)5-7-2-3-8-5;;/h2-4H,6H2,1H3,(H,7,8);2*1H. The fourth-order valence-corrected chi connectivity index (χ4v) is 0.526. The van der Waals surface area contributed by atoms with Crippen molar-refractivity contribution >= 4 is 24.8 Å². The predicted octanol–water partition coefficient (Wildman–Crippen LogP) is 1.27. The van der Waals surface area contributed by atoms with Gasteiger partial charge in [-0.15, -0.1) is 24.8 Å². The number of nitrogens with two attached hydrogens (primary N) is 1. The summed E-state index contributed by atoms with van der Waals surface area (Å²) in [6.45, 7) is 1.89. The van der Waals surface area contributed by atoms with Gasteiger partial charge < -0.3 is 10.7 Å². The predicted molar refractivity (Wildman–Crippen MR) is 45.7 cm³/mol. The van der Waals surface area contributed by atoms with E-state index in [1.54, 1.807) is 12.4 Å². The first-order chi connectivity index (χ1) is 3.80. The molecule has 3 N–H and O–H groups in total. The van der Waals surface area contributed by atoms with Crippen LogP contribution in [-0.4, -0.2) is 9.97 Å². The molecule has 0 amide bonds. The molecule has 60 valence electrons. The van der Waals surface area contributed by atoms with Crippen LogP contribution in [-0.2, 0) is 0 Å². The number of aromatic nitrogens is 2. The van der Waals surface area contributed by atoms with Crippen LogP contribution in [0.4, 0.5) is 0 Å². The molecule has 1 aromatic heterocycles. The van der Waals surface area contributed by atoms with Gasteiger partial charge in [-0.3, -0.25) is 0 Å². The summed E-state index contributed by atoms with van der Waals surface area (Å²) in [5.41, 5.74) is 5.46. The van der Waals surface area contributed by atoms with Crippen LogP contribution in [0.15, 0.2) is 12.4 Å². The lowest BCUT2D eigenvalue weighted by atomic mass is 10.3. The van der Waals surface area contributed by atoms with E-state index in [4.69, 9.17) is 5.73 Å². The SMILES string of the molecule is CC(N)c1ncc[nH]1.Cl.Cl. The third-order valence-electron chi connectivity index (χ3n) is 0.951. The number of H-pyrrole nitrogens is 1. The van der Waals surface area contributed by atoms with Crippen molar-refractivity contribution in [2.24, 2.45) is 5.73 Å². The second-order valence-corrected chi connectivity index (χ2v) is 1.76. The summed E-state index contributed by atoms with van der Waals surface area (Å²) in [7, 11) is 0. The van der Waals surface area contributed by atoms with Crippen molar-refractivity contribution in [3.63, 3.8) is 0 Å². The maximum atomic E-state index is 5.46. The van der Waals surface area contributed by atoms with Crippen molar-refractivity contribution in [1.82, 2.24) is 9.97 Å². The molecule has 0 aromatic carbocycles. The van der Waals surface area contributed by atoms with Gasteiger partial charge in [0.1, 0.15) is 5.82 Å². The van der Waals surface area contributed by atoms with Gasteiger partial charge in [-0.05, 0) is 6.92 Å². The number of halogens is 2. The van der Waals surface area contributed by atoms with Crippen molar-refractivity contribution in [2.45, 2.75) is 13.0 Å². The highest BCUT2D eigenvalue weighted by Gasteiger charge is 1.97. The summed E-state index contributed by atoms with van der Waals surface area (Å²) in [6.07, 6.45) is 3.46. The zero-order chi connectivity index (χ0) is 5.98. The summed E-state index contributed by atoms with van der Waals surface area (Å²) in [5.74, 6) is 0.838. The monoisotopic (exact) mass is 183 g/mol. The summed E-state index contributed by atoms with van der Waals surface area (Å²) >= 11 is 0. The smallest absolute Gasteiger partial charge is 0.122 e. The van der Waals surface area contributed by atoms with E-state index >= 15 is 0 Å². The minimum atomic E-state index is 0. The van der Waals surface area contributed by atoms with E-state index < -0.39 is 0 Å². The van der Waals surface area contributed by atoms with Gasteiger partial charge in [0.25, 0.3) is 0 Å². The van der Waals surface area contributed by atoms with Crippen LogP contribution in [0.1, 0.15) is 18.8 Å². The maximum absolute atomic E-state index is 5.46. The van der Waals surface area contributed by atoms with Crippen LogP contribution in [0.5, 0.6) is 0 Å². The molecule has 0 aliphatic carbocycles. The topological polar surface area (TPSA) is 54.7 Å². The van der Waals surface area contributed by atoms with Gasteiger partial charge in [0.2, 0.25) is 0 Å². The Morgan fingerprint density at radius 1 is 1.60 bits per heavy atom. The first-order valence-corrected chi connectivity index (χ1v) is 2.55. The van der Waals surface area contributed by atoms with Gasteiger partial charge in [-0.2, -0.15) is 0 Å². The van der Waals surface area contributed by atoms with Gasteiger partial charge in [0.15, 0.2) is 0 Å². The highest BCUT2D eigenvalue weighted by molar-refractivity contribution is 5.85. The largest absolute Gasteiger partial charge is 0.347 e. The zero-order valence-electron chi connectivity index (χ0n) is 5.57. The van der Waals surface area contributed by atoms with E-state index in [9.17, 15) is 0 Å². The Hall–Kier alpha value is -0.250. The fraction of sp³-hybridized carbons (Fsp3) is 0.400. The van der Waals surface area contributed by atoms with E-state index in [0.29, 0.717) is 0 Å². The fourth-order valence-electron chi connectivity index (χ4n) is 0.526. The van der Waals surface area contributed by atoms with E-state index in [0.717, 1.165) is 5.82 Å². The van der Waals surface area contributed by atoms with E-state index in [1.807, 2.05) is 6.92 Å². The quantitative estimate of drug-likeness (QED) is 0.690. The van der Waals surface area contributed by atoms with Crippen molar-refractivity contribution in [2.75, 3.05) is 0 Å².